The molecule has 0 N–H and O–H groups in total. The number of carbonyl (C=O) groups excluding carboxylic acids is 1. The Morgan fingerprint density at radius 2 is 2.00 bits per heavy atom. The Labute approximate surface area is 92.0 Å². The standard InChI is InChI=1S/C11H12BrNO/c12-10-7-9(8-14)3-4-11(10)13-5-1-2-6-13/h3-4,7-8H,1-2,5-6H2. The first kappa shape index (κ1) is 9.71. The van der Waals surface area contributed by atoms with Crippen LogP contribution in [0, 0.1) is 0 Å². The molecule has 1 aromatic carbocycles. The second-order valence-corrected chi connectivity index (χ2v) is 4.38. The van der Waals surface area contributed by atoms with E-state index < -0.39 is 0 Å². The molecule has 1 saturated heterocycles. The Kier molecular flexibility index (Phi) is 2.87. The van der Waals surface area contributed by atoms with E-state index in [-0.39, 0.29) is 0 Å². The zero-order valence-electron chi connectivity index (χ0n) is 7.87. The van der Waals surface area contributed by atoms with Crippen molar-refractivity contribution in [1.82, 2.24) is 0 Å². The van der Waals surface area contributed by atoms with Crippen LogP contribution in [0.5, 0.6) is 0 Å². The van der Waals surface area contributed by atoms with Crippen LogP contribution in [-0.4, -0.2) is 19.4 Å². The number of carbonyl (C=O) groups is 1. The van der Waals surface area contributed by atoms with Crippen LogP contribution in [0.25, 0.3) is 0 Å². The van der Waals surface area contributed by atoms with Gasteiger partial charge in [-0.3, -0.25) is 4.79 Å². The van der Waals surface area contributed by atoms with Crippen LogP contribution < -0.4 is 4.90 Å². The van der Waals surface area contributed by atoms with Crippen molar-refractivity contribution in [3.05, 3.63) is 28.2 Å². The number of rotatable bonds is 2. The molecule has 3 heteroatoms. The van der Waals surface area contributed by atoms with E-state index in [2.05, 4.69) is 20.8 Å². The summed E-state index contributed by atoms with van der Waals surface area (Å²) in [5, 5.41) is 0. The molecule has 1 fully saturated rings. The van der Waals surface area contributed by atoms with Crippen LogP contribution in [0.15, 0.2) is 22.7 Å². The summed E-state index contributed by atoms with van der Waals surface area (Å²) in [5.41, 5.74) is 1.92. The van der Waals surface area contributed by atoms with Crippen LogP contribution in [-0.2, 0) is 0 Å². The van der Waals surface area contributed by atoms with Crippen LogP contribution in [0.1, 0.15) is 23.2 Å². The third-order valence-corrected chi connectivity index (χ3v) is 3.19. The molecule has 0 aromatic heterocycles. The maximum absolute atomic E-state index is 10.6. The molecule has 0 spiro atoms. The van der Waals surface area contributed by atoms with Crippen LogP contribution in [0.2, 0.25) is 0 Å². The van der Waals surface area contributed by atoms with Crippen molar-refractivity contribution in [2.24, 2.45) is 0 Å². The number of benzene rings is 1. The summed E-state index contributed by atoms with van der Waals surface area (Å²) in [7, 11) is 0. The van der Waals surface area contributed by atoms with Crippen LogP contribution in [0.3, 0.4) is 0 Å². The van der Waals surface area contributed by atoms with Gasteiger partial charge >= 0.3 is 0 Å². The van der Waals surface area contributed by atoms with Crippen LogP contribution in [0.4, 0.5) is 5.69 Å². The van der Waals surface area contributed by atoms with Gasteiger partial charge in [0.05, 0.1) is 5.69 Å². The van der Waals surface area contributed by atoms with Gasteiger partial charge in [0.15, 0.2) is 0 Å². The number of hydrogen-bond acceptors (Lipinski definition) is 2. The summed E-state index contributed by atoms with van der Waals surface area (Å²) in [6.45, 7) is 2.25. The highest BCUT2D eigenvalue weighted by Gasteiger charge is 2.14. The lowest BCUT2D eigenvalue weighted by atomic mass is 10.2. The SMILES string of the molecule is O=Cc1ccc(N2CCCC2)c(Br)c1. The maximum atomic E-state index is 10.6. The third-order valence-electron chi connectivity index (χ3n) is 2.55. The van der Waals surface area contributed by atoms with E-state index in [1.807, 2.05) is 18.2 Å². The molecule has 2 rings (SSSR count). The minimum absolute atomic E-state index is 0.722. The lowest BCUT2D eigenvalue weighted by molar-refractivity contribution is 0.112. The molecule has 0 bridgehead atoms. The minimum Gasteiger partial charge on any atom is -0.371 e. The van der Waals surface area contributed by atoms with E-state index in [1.54, 1.807) is 0 Å². The number of halogens is 1. The molecule has 14 heavy (non-hydrogen) atoms. The summed E-state index contributed by atoms with van der Waals surface area (Å²) in [6, 6.07) is 5.76. The quantitative estimate of drug-likeness (QED) is 0.756. The molecular formula is C11H12BrNO. The van der Waals surface area contributed by atoms with Crippen LogP contribution >= 0.6 is 15.9 Å². The molecule has 1 heterocycles. The molecule has 0 radical (unpaired) electrons. The summed E-state index contributed by atoms with van der Waals surface area (Å²) in [5.74, 6) is 0. The van der Waals surface area contributed by atoms with Gasteiger partial charge in [0.2, 0.25) is 0 Å². The summed E-state index contributed by atoms with van der Waals surface area (Å²) < 4.78 is 1.02. The van der Waals surface area contributed by atoms with E-state index in [1.165, 1.54) is 18.5 Å². The molecule has 1 aliphatic heterocycles. The van der Waals surface area contributed by atoms with Crippen molar-refractivity contribution in [1.29, 1.82) is 0 Å². The lowest BCUT2D eigenvalue weighted by Crippen LogP contribution is -2.17. The van der Waals surface area contributed by atoms with Crippen molar-refractivity contribution >= 4 is 27.9 Å². The monoisotopic (exact) mass is 253 g/mol. The van der Waals surface area contributed by atoms with E-state index >= 15 is 0 Å². The van der Waals surface area contributed by atoms with Crippen molar-refractivity contribution in [3.63, 3.8) is 0 Å². The average molecular weight is 254 g/mol. The smallest absolute Gasteiger partial charge is 0.150 e. The van der Waals surface area contributed by atoms with E-state index in [9.17, 15) is 4.79 Å². The maximum Gasteiger partial charge on any atom is 0.150 e. The first-order valence-electron chi connectivity index (χ1n) is 4.81. The Hall–Kier alpha value is -0.830. The van der Waals surface area contributed by atoms with Crippen molar-refractivity contribution in [2.45, 2.75) is 12.8 Å². The molecule has 2 nitrogen and oxygen atoms in total. The molecule has 1 aromatic rings. The predicted octanol–water partition coefficient (Wildman–Crippen LogP) is 2.86. The van der Waals surface area contributed by atoms with E-state index in [4.69, 9.17) is 0 Å². The van der Waals surface area contributed by atoms with Gasteiger partial charge in [-0.15, -0.1) is 0 Å². The lowest BCUT2D eigenvalue weighted by Gasteiger charge is -2.19. The van der Waals surface area contributed by atoms with Crippen molar-refractivity contribution < 1.29 is 4.79 Å². The van der Waals surface area contributed by atoms with E-state index in [0.29, 0.717) is 0 Å². The molecule has 74 valence electrons. The number of nitrogens with zero attached hydrogens (tertiary/aromatic N) is 1. The second-order valence-electron chi connectivity index (χ2n) is 3.52. The van der Waals surface area contributed by atoms with Gasteiger partial charge in [-0.2, -0.15) is 0 Å². The van der Waals surface area contributed by atoms with E-state index in [0.717, 1.165) is 29.4 Å². The number of anilines is 1. The first-order chi connectivity index (χ1) is 6.81. The fraction of sp³-hybridized carbons (Fsp3) is 0.364. The molecule has 0 amide bonds. The van der Waals surface area contributed by atoms with Gasteiger partial charge in [0, 0.05) is 23.1 Å². The molecule has 0 saturated carbocycles. The zero-order valence-corrected chi connectivity index (χ0v) is 9.46. The Balaban J connectivity index is 2.29. The van der Waals surface area contributed by atoms with Gasteiger partial charge in [0.25, 0.3) is 0 Å². The van der Waals surface area contributed by atoms with Gasteiger partial charge in [-0.1, -0.05) is 0 Å². The highest BCUT2D eigenvalue weighted by atomic mass is 79.9. The molecular weight excluding hydrogens is 242 g/mol. The first-order valence-corrected chi connectivity index (χ1v) is 5.60. The molecule has 1 aliphatic rings. The summed E-state index contributed by atoms with van der Waals surface area (Å²) in [6.07, 6.45) is 3.41. The Bertz CT molecular complexity index is 345. The van der Waals surface area contributed by atoms with Crippen molar-refractivity contribution in [2.75, 3.05) is 18.0 Å². The molecule has 0 atom stereocenters. The minimum atomic E-state index is 0.722. The normalized spacial score (nSPS) is 15.9. The average Bonchev–Trinajstić information content (AvgIpc) is 2.70. The zero-order chi connectivity index (χ0) is 9.97. The van der Waals surface area contributed by atoms with Gasteiger partial charge in [-0.05, 0) is 47.0 Å². The molecule has 0 aliphatic carbocycles. The highest BCUT2D eigenvalue weighted by molar-refractivity contribution is 9.10. The predicted molar refractivity (Wildman–Crippen MR) is 61.0 cm³/mol. The Morgan fingerprint density at radius 1 is 1.29 bits per heavy atom. The largest absolute Gasteiger partial charge is 0.371 e. The fourth-order valence-corrected chi connectivity index (χ4v) is 2.46. The van der Waals surface area contributed by atoms with Gasteiger partial charge in [0.1, 0.15) is 6.29 Å². The Morgan fingerprint density at radius 3 is 2.57 bits per heavy atom. The number of hydrogen-bond donors (Lipinski definition) is 0. The second kappa shape index (κ2) is 4.13. The highest BCUT2D eigenvalue weighted by Crippen LogP contribution is 2.29. The number of aldehydes is 1. The summed E-state index contributed by atoms with van der Waals surface area (Å²) >= 11 is 3.50. The van der Waals surface area contributed by atoms with Crippen molar-refractivity contribution in [3.8, 4) is 0 Å². The summed E-state index contributed by atoms with van der Waals surface area (Å²) in [4.78, 5) is 12.9. The fourth-order valence-electron chi connectivity index (χ4n) is 1.81. The van der Waals surface area contributed by atoms with Gasteiger partial charge < -0.3 is 4.90 Å². The third kappa shape index (κ3) is 1.82. The van der Waals surface area contributed by atoms with Gasteiger partial charge in [-0.25, -0.2) is 0 Å². The topological polar surface area (TPSA) is 20.3 Å². The molecule has 0 unspecified atom stereocenters.